The van der Waals surface area contributed by atoms with Crippen molar-refractivity contribution in [1.29, 1.82) is 0 Å². The molecule has 104 valence electrons. The maximum absolute atomic E-state index is 11.3. The standard InChI is InChI=1S/C14H20N2O3/c1-3-19-11-5-4-6-16(9-11)13-7-10(2)15-8-12(13)14(17)18/h7-8,11H,3-6,9H2,1-2H3,(H,17,18). The normalized spacial score (nSPS) is 19.5. The van der Waals surface area contributed by atoms with Crippen molar-refractivity contribution >= 4 is 11.7 Å². The molecule has 2 rings (SSSR count). The van der Waals surface area contributed by atoms with Gasteiger partial charge >= 0.3 is 5.97 Å². The fraction of sp³-hybridized carbons (Fsp3) is 0.571. The van der Waals surface area contributed by atoms with E-state index in [0.29, 0.717) is 6.61 Å². The number of piperidine rings is 1. The molecule has 1 unspecified atom stereocenters. The Kier molecular flexibility index (Phi) is 4.37. The van der Waals surface area contributed by atoms with Gasteiger partial charge in [-0.2, -0.15) is 0 Å². The molecule has 1 aromatic heterocycles. The predicted molar refractivity (Wildman–Crippen MR) is 72.8 cm³/mol. The molecule has 5 heteroatoms. The van der Waals surface area contributed by atoms with Gasteiger partial charge in [-0.15, -0.1) is 0 Å². The van der Waals surface area contributed by atoms with Crippen LogP contribution in [0.4, 0.5) is 5.69 Å². The van der Waals surface area contributed by atoms with Crippen molar-refractivity contribution in [2.75, 3.05) is 24.6 Å². The molecular formula is C14H20N2O3. The largest absolute Gasteiger partial charge is 0.478 e. The van der Waals surface area contributed by atoms with E-state index in [9.17, 15) is 9.90 Å². The molecule has 1 fully saturated rings. The lowest BCUT2D eigenvalue weighted by molar-refractivity contribution is 0.0524. The Bertz CT molecular complexity index is 460. The second-order valence-electron chi connectivity index (χ2n) is 4.81. The molecule has 2 heterocycles. The van der Waals surface area contributed by atoms with Crippen LogP contribution in [0.1, 0.15) is 35.8 Å². The molecule has 0 bridgehead atoms. The maximum Gasteiger partial charge on any atom is 0.339 e. The van der Waals surface area contributed by atoms with Crippen LogP contribution in [0.5, 0.6) is 0 Å². The fourth-order valence-electron chi connectivity index (χ4n) is 2.50. The molecule has 19 heavy (non-hydrogen) atoms. The summed E-state index contributed by atoms with van der Waals surface area (Å²) in [6.07, 6.45) is 3.69. The van der Waals surface area contributed by atoms with Crippen LogP contribution in [0, 0.1) is 6.92 Å². The van der Waals surface area contributed by atoms with Gasteiger partial charge in [0.15, 0.2) is 0 Å². The van der Waals surface area contributed by atoms with Gasteiger partial charge in [-0.1, -0.05) is 0 Å². The zero-order chi connectivity index (χ0) is 13.8. The number of pyridine rings is 1. The second kappa shape index (κ2) is 6.02. The summed E-state index contributed by atoms with van der Waals surface area (Å²) >= 11 is 0. The first-order valence-corrected chi connectivity index (χ1v) is 6.68. The molecule has 1 aromatic rings. The number of carboxylic acid groups (broad SMARTS) is 1. The summed E-state index contributed by atoms with van der Waals surface area (Å²) in [5.74, 6) is -0.930. The highest BCUT2D eigenvalue weighted by atomic mass is 16.5. The van der Waals surface area contributed by atoms with Gasteiger partial charge in [-0.3, -0.25) is 4.98 Å². The monoisotopic (exact) mass is 264 g/mol. The zero-order valence-corrected chi connectivity index (χ0v) is 11.4. The number of carbonyl (C=O) groups is 1. The van der Waals surface area contributed by atoms with Gasteiger partial charge < -0.3 is 14.7 Å². The number of aromatic nitrogens is 1. The summed E-state index contributed by atoms with van der Waals surface area (Å²) in [4.78, 5) is 17.5. The van der Waals surface area contributed by atoms with E-state index in [1.807, 2.05) is 19.9 Å². The van der Waals surface area contributed by atoms with Gasteiger partial charge in [0.05, 0.1) is 11.8 Å². The van der Waals surface area contributed by atoms with E-state index >= 15 is 0 Å². The highest BCUT2D eigenvalue weighted by Crippen LogP contribution is 2.25. The lowest BCUT2D eigenvalue weighted by atomic mass is 10.1. The third-order valence-corrected chi connectivity index (χ3v) is 3.37. The predicted octanol–water partition coefficient (Wildman–Crippen LogP) is 2.09. The van der Waals surface area contributed by atoms with Crippen LogP contribution in [0.3, 0.4) is 0 Å². The van der Waals surface area contributed by atoms with Gasteiger partial charge in [0.2, 0.25) is 0 Å². The Morgan fingerprint density at radius 2 is 2.42 bits per heavy atom. The summed E-state index contributed by atoms with van der Waals surface area (Å²) in [6.45, 7) is 6.17. The van der Waals surface area contributed by atoms with Gasteiger partial charge in [0.25, 0.3) is 0 Å². The van der Waals surface area contributed by atoms with Crippen molar-refractivity contribution in [2.24, 2.45) is 0 Å². The average Bonchev–Trinajstić information content (AvgIpc) is 2.39. The second-order valence-corrected chi connectivity index (χ2v) is 4.81. The molecule has 0 radical (unpaired) electrons. The van der Waals surface area contributed by atoms with Crippen LogP contribution in [0.25, 0.3) is 0 Å². The molecule has 0 saturated carbocycles. The van der Waals surface area contributed by atoms with Crippen molar-refractivity contribution < 1.29 is 14.6 Å². The minimum Gasteiger partial charge on any atom is -0.478 e. The van der Waals surface area contributed by atoms with Crippen molar-refractivity contribution in [1.82, 2.24) is 4.98 Å². The maximum atomic E-state index is 11.3. The Hall–Kier alpha value is -1.62. The van der Waals surface area contributed by atoms with Crippen LogP contribution in [0.2, 0.25) is 0 Å². The lowest BCUT2D eigenvalue weighted by Crippen LogP contribution is -2.40. The van der Waals surface area contributed by atoms with Crippen molar-refractivity contribution in [3.63, 3.8) is 0 Å². The number of ether oxygens (including phenoxy) is 1. The van der Waals surface area contributed by atoms with Crippen LogP contribution >= 0.6 is 0 Å². The topological polar surface area (TPSA) is 62.7 Å². The first-order valence-electron chi connectivity index (χ1n) is 6.68. The molecule has 1 aliphatic heterocycles. The highest BCUT2D eigenvalue weighted by molar-refractivity contribution is 5.94. The van der Waals surface area contributed by atoms with Crippen molar-refractivity contribution in [3.8, 4) is 0 Å². The Morgan fingerprint density at radius 3 is 3.11 bits per heavy atom. The first kappa shape index (κ1) is 13.8. The summed E-state index contributed by atoms with van der Waals surface area (Å²) < 4.78 is 5.66. The lowest BCUT2D eigenvalue weighted by Gasteiger charge is -2.34. The number of hydrogen-bond donors (Lipinski definition) is 1. The first-order chi connectivity index (χ1) is 9.11. The number of aromatic carboxylic acids is 1. The minimum absolute atomic E-state index is 0.189. The highest BCUT2D eigenvalue weighted by Gasteiger charge is 2.24. The molecule has 1 aliphatic rings. The third-order valence-electron chi connectivity index (χ3n) is 3.37. The molecule has 5 nitrogen and oxygen atoms in total. The van der Waals surface area contributed by atoms with Crippen LogP contribution in [0.15, 0.2) is 12.3 Å². The van der Waals surface area contributed by atoms with E-state index in [0.717, 1.165) is 37.3 Å². The molecule has 0 aliphatic carbocycles. The number of nitrogens with zero attached hydrogens (tertiary/aromatic N) is 2. The Balaban J connectivity index is 2.24. The van der Waals surface area contributed by atoms with Crippen LogP contribution < -0.4 is 4.90 Å². The molecule has 1 saturated heterocycles. The number of rotatable bonds is 4. The van der Waals surface area contributed by atoms with E-state index in [1.54, 1.807) is 0 Å². The van der Waals surface area contributed by atoms with Gasteiger partial charge in [0, 0.05) is 31.6 Å². The summed E-state index contributed by atoms with van der Waals surface area (Å²) in [7, 11) is 0. The molecular weight excluding hydrogens is 244 g/mol. The smallest absolute Gasteiger partial charge is 0.339 e. The van der Waals surface area contributed by atoms with Gasteiger partial charge in [-0.05, 0) is 32.8 Å². The molecule has 0 aromatic carbocycles. The van der Waals surface area contributed by atoms with Crippen molar-refractivity contribution in [2.45, 2.75) is 32.8 Å². The molecule has 1 atom stereocenters. The molecule has 1 N–H and O–H groups in total. The number of hydrogen-bond acceptors (Lipinski definition) is 4. The van der Waals surface area contributed by atoms with E-state index in [-0.39, 0.29) is 11.7 Å². The van der Waals surface area contributed by atoms with E-state index in [2.05, 4.69) is 9.88 Å². The van der Waals surface area contributed by atoms with E-state index < -0.39 is 5.97 Å². The van der Waals surface area contributed by atoms with E-state index in [1.165, 1.54) is 6.20 Å². The Morgan fingerprint density at radius 1 is 1.63 bits per heavy atom. The Labute approximate surface area is 113 Å². The van der Waals surface area contributed by atoms with E-state index in [4.69, 9.17) is 4.74 Å². The molecule has 0 amide bonds. The zero-order valence-electron chi connectivity index (χ0n) is 11.4. The fourth-order valence-corrected chi connectivity index (χ4v) is 2.50. The summed E-state index contributed by atoms with van der Waals surface area (Å²) in [5.41, 5.74) is 1.85. The van der Waals surface area contributed by atoms with Gasteiger partial charge in [0.1, 0.15) is 5.56 Å². The van der Waals surface area contributed by atoms with Crippen molar-refractivity contribution in [3.05, 3.63) is 23.5 Å². The number of anilines is 1. The quantitative estimate of drug-likeness (QED) is 0.902. The number of carboxylic acids is 1. The average molecular weight is 264 g/mol. The SMILES string of the molecule is CCOC1CCCN(c2cc(C)ncc2C(=O)O)C1. The van der Waals surface area contributed by atoms with Gasteiger partial charge in [-0.25, -0.2) is 4.79 Å². The summed E-state index contributed by atoms with van der Waals surface area (Å²) in [6, 6.07) is 1.85. The third kappa shape index (κ3) is 3.23. The van der Waals surface area contributed by atoms with Crippen LogP contribution in [-0.4, -0.2) is 41.9 Å². The molecule has 0 spiro atoms. The number of aryl methyl sites for hydroxylation is 1. The summed E-state index contributed by atoms with van der Waals surface area (Å²) in [5, 5.41) is 9.26. The minimum atomic E-state index is -0.930. The van der Waals surface area contributed by atoms with Crippen LogP contribution in [-0.2, 0) is 4.74 Å².